The van der Waals surface area contributed by atoms with E-state index in [1.54, 1.807) is 43.3 Å². The number of nitrogens with one attached hydrogen (secondary N) is 1. The Kier molecular flexibility index (Phi) is 6.89. The summed E-state index contributed by atoms with van der Waals surface area (Å²) in [6, 6.07) is 12.9. The minimum atomic E-state index is -0.314. The Balaban J connectivity index is 2.03. The number of amides is 1. The number of ether oxygens (including phenoxy) is 2. The topological polar surface area (TPSA) is 59.9 Å². The van der Waals surface area contributed by atoms with Crippen molar-refractivity contribution in [2.45, 2.75) is 24.8 Å². The van der Waals surface area contributed by atoms with E-state index in [0.29, 0.717) is 17.1 Å². The molecule has 2 rings (SSSR count). The van der Waals surface area contributed by atoms with Crippen molar-refractivity contribution >= 4 is 23.9 Å². The van der Waals surface area contributed by atoms with Crippen molar-refractivity contribution in [3.63, 3.8) is 0 Å². The molecule has 2 aromatic rings. The van der Waals surface area contributed by atoms with Crippen LogP contribution >= 0.6 is 11.8 Å². The molecule has 0 radical (unpaired) electrons. The van der Waals surface area contributed by atoms with Crippen LogP contribution in [0.5, 0.6) is 11.5 Å². The van der Waals surface area contributed by atoms with Crippen LogP contribution in [0.3, 0.4) is 0 Å². The van der Waals surface area contributed by atoms with E-state index >= 15 is 0 Å². The van der Waals surface area contributed by atoms with Gasteiger partial charge >= 0.3 is 0 Å². The lowest BCUT2D eigenvalue weighted by Crippen LogP contribution is -2.18. The molecule has 6 heteroatoms. The molecular formula is C19H22N2O3S. The second-order valence-electron chi connectivity index (χ2n) is 5.50. The van der Waals surface area contributed by atoms with Crippen molar-refractivity contribution in [2.24, 2.45) is 5.10 Å². The van der Waals surface area contributed by atoms with Crippen LogP contribution < -0.4 is 14.9 Å². The van der Waals surface area contributed by atoms with Gasteiger partial charge in [0.15, 0.2) is 11.5 Å². The fraction of sp³-hybridized carbons (Fsp3) is 0.263. The molecule has 0 fully saturated rings. The van der Waals surface area contributed by atoms with Crippen LogP contribution in [-0.2, 0) is 0 Å². The number of methoxy groups -OCH3 is 1. The maximum atomic E-state index is 12.2. The van der Waals surface area contributed by atoms with Gasteiger partial charge in [0.1, 0.15) is 0 Å². The first-order valence-corrected chi connectivity index (χ1v) is 9.08. The molecule has 1 N–H and O–H groups in total. The summed E-state index contributed by atoms with van der Waals surface area (Å²) in [7, 11) is 1.54. The molecule has 0 aliphatic rings. The minimum Gasteiger partial charge on any atom is -0.493 e. The quantitative estimate of drug-likeness (QED) is 0.462. The summed E-state index contributed by atoms with van der Waals surface area (Å²) in [5.41, 5.74) is 3.88. The number of carbonyl (C=O) groups is 1. The summed E-state index contributed by atoms with van der Waals surface area (Å²) in [5.74, 6) is 0.802. The van der Waals surface area contributed by atoms with Crippen LogP contribution in [-0.4, -0.2) is 31.6 Å². The van der Waals surface area contributed by atoms with Gasteiger partial charge in [-0.3, -0.25) is 4.79 Å². The number of benzene rings is 2. The van der Waals surface area contributed by atoms with Gasteiger partial charge in [-0.1, -0.05) is 12.1 Å². The van der Waals surface area contributed by atoms with Crippen molar-refractivity contribution < 1.29 is 14.3 Å². The number of nitrogens with zero attached hydrogens (tertiary/aromatic N) is 1. The Labute approximate surface area is 152 Å². The highest BCUT2D eigenvalue weighted by atomic mass is 32.2. The van der Waals surface area contributed by atoms with E-state index < -0.39 is 0 Å². The van der Waals surface area contributed by atoms with E-state index in [0.717, 1.165) is 5.56 Å². The van der Waals surface area contributed by atoms with Crippen LogP contribution in [0.25, 0.3) is 0 Å². The van der Waals surface area contributed by atoms with Gasteiger partial charge in [-0.2, -0.15) is 5.10 Å². The summed E-state index contributed by atoms with van der Waals surface area (Å²) in [6.45, 7) is 3.86. The number of thioether (sulfide) groups is 1. The number of rotatable bonds is 7. The van der Waals surface area contributed by atoms with Crippen molar-refractivity contribution in [1.29, 1.82) is 0 Å². The average molecular weight is 358 g/mol. The molecule has 0 saturated carbocycles. The zero-order valence-electron chi connectivity index (χ0n) is 14.8. The van der Waals surface area contributed by atoms with E-state index in [1.807, 2.05) is 44.4 Å². The zero-order valence-corrected chi connectivity index (χ0v) is 15.6. The van der Waals surface area contributed by atoms with Crippen molar-refractivity contribution in [3.8, 4) is 11.5 Å². The minimum absolute atomic E-state index is 0.0238. The van der Waals surface area contributed by atoms with E-state index in [4.69, 9.17) is 9.47 Å². The van der Waals surface area contributed by atoms with E-state index in [2.05, 4.69) is 10.5 Å². The van der Waals surface area contributed by atoms with Crippen LogP contribution in [0.4, 0.5) is 0 Å². The first kappa shape index (κ1) is 18.9. The molecule has 25 heavy (non-hydrogen) atoms. The van der Waals surface area contributed by atoms with Crippen LogP contribution in [0.2, 0.25) is 0 Å². The van der Waals surface area contributed by atoms with Gasteiger partial charge in [0, 0.05) is 10.5 Å². The normalized spacial score (nSPS) is 10.9. The molecule has 0 aromatic heterocycles. The van der Waals surface area contributed by atoms with Gasteiger partial charge in [0.2, 0.25) is 0 Å². The molecule has 1 amide bonds. The highest BCUT2D eigenvalue weighted by Crippen LogP contribution is 2.28. The largest absolute Gasteiger partial charge is 0.493 e. The molecule has 0 unspecified atom stereocenters. The fourth-order valence-electron chi connectivity index (χ4n) is 2.08. The fourth-order valence-corrected chi connectivity index (χ4v) is 2.49. The average Bonchev–Trinajstić information content (AvgIpc) is 2.62. The number of hydrogen-bond donors (Lipinski definition) is 1. The Bertz CT molecular complexity index is 743. The lowest BCUT2D eigenvalue weighted by molar-refractivity contribution is 0.0954. The third-order valence-corrected chi connectivity index (χ3v) is 4.03. The molecule has 0 bridgehead atoms. The molecule has 0 atom stereocenters. The van der Waals surface area contributed by atoms with Crippen molar-refractivity contribution in [1.82, 2.24) is 5.43 Å². The van der Waals surface area contributed by atoms with E-state index in [-0.39, 0.29) is 12.0 Å². The number of hydrogen-bond acceptors (Lipinski definition) is 5. The Morgan fingerprint density at radius 3 is 2.48 bits per heavy atom. The van der Waals surface area contributed by atoms with Crippen LogP contribution in [0.1, 0.15) is 29.8 Å². The first-order chi connectivity index (χ1) is 12.0. The molecule has 0 aliphatic heterocycles. The summed E-state index contributed by atoms with van der Waals surface area (Å²) in [4.78, 5) is 13.4. The molecule has 0 aliphatic carbocycles. The summed E-state index contributed by atoms with van der Waals surface area (Å²) in [5, 5.41) is 4.00. The molecule has 0 heterocycles. The SMILES string of the molecule is COc1cc(C(=O)N/N=C\c2ccc(SC)cc2)ccc1OC(C)C. The maximum Gasteiger partial charge on any atom is 0.271 e. The first-order valence-electron chi connectivity index (χ1n) is 7.85. The highest BCUT2D eigenvalue weighted by molar-refractivity contribution is 7.98. The number of hydrazone groups is 1. The van der Waals surface area contributed by atoms with Gasteiger partial charge in [-0.15, -0.1) is 11.8 Å². The molecule has 0 spiro atoms. The second-order valence-corrected chi connectivity index (χ2v) is 6.38. The van der Waals surface area contributed by atoms with Gasteiger partial charge in [0.25, 0.3) is 5.91 Å². The van der Waals surface area contributed by atoms with Gasteiger partial charge in [-0.05, 0) is 56.0 Å². The smallest absolute Gasteiger partial charge is 0.271 e. The number of carbonyl (C=O) groups excluding carboxylic acids is 1. The van der Waals surface area contributed by atoms with Crippen LogP contribution in [0.15, 0.2) is 52.5 Å². The lowest BCUT2D eigenvalue weighted by Gasteiger charge is -2.14. The third-order valence-electron chi connectivity index (χ3n) is 3.28. The summed E-state index contributed by atoms with van der Waals surface area (Å²) < 4.78 is 10.9. The van der Waals surface area contributed by atoms with Crippen LogP contribution in [0, 0.1) is 0 Å². The van der Waals surface area contributed by atoms with E-state index in [9.17, 15) is 4.79 Å². The van der Waals surface area contributed by atoms with E-state index in [1.165, 1.54) is 4.90 Å². The monoisotopic (exact) mass is 358 g/mol. The molecule has 0 saturated heterocycles. The molecule has 132 valence electrons. The van der Waals surface area contributed by atoms with Crippen molar-refractivity contribution in [2.75, 3.05) is 13.4 Å². The predicted molar refractivity (Wildman–Crippen MR) is 102 cm³/mol. The van der Waals surface area contributed by atoms with Crippen molar-refractivity contribution in [3.05, 3.63) is 53.6 Å². The maximum absolute atomic E-state index is 12.2. The van der Waals surface area contributed by atoms with Gasteiger partial charge in [-0.25, -0.2) is 5.43 Å². The Hall–Kier alpha value is -2.47. The summed E-state index contributed by atoms with van der Waals surface area (Å²) >= 11 is 1.68. The molecule has 2 aromatic carbocycles. The Morgan fingerprint density at radius 2 is 1.88 bits per heavy atom. The molecule has 5 nitrogen and oxygen atoms in total. The standard InChI is InChI=1S/C19H22N2O3S/c1-13(2)24-17-10-7-15(11-18(17)23-3)19(22)21-20-12-14-5-8-16(25-4)9-6-14/h5-13H,1-4H3,(H,21,22)/b20-12-. The van der Waals surface area contributed by atoms with Gasteiger partial charge in [0.05, 0.1) is 19.4 Å². The van der Waals surface area contributed by atoms with Gasteiger partial charge < -0.3 is 9.47 Å². The summed E-state index contributed by atoms with van der Waals surface area (Å²) in [6.07, 6.45) is 3.65. The Morgan fingerprint density at radius 1 is 1.16 bits per heavy atom. The third kappa shape index (κ3) is 5.53. The molecular weight excluding hydrogens is 336 g/mol. The second kappa shape index (κ2) is 9.13. The lowest BCUT2D eigenvalue weighted by atomic mass is 10.2. The highest BCUT2D eigenvalue weighted by Gasteiger charge is 2.11. The zero-order chi connectivity index (χ0) is 18.2. The predicted octanol–water partition coefficient (Wildman–Crippen LogP) is 3.97.